The number of aryl methyl sites for hydroxylation is 1. The summed E-state index contributed by atoms with van der Waals surface area (Å²) >= 11 is 0. The highest BCUT2D eigenvalue weighted by Gasteiger charge is 1.99. The molecule has 0 spiro atoms. The van der Waals surface area contributed by atoms with Crippen LogP contribution in [0.3, 0.4) is 0 Å². The van der Waals surface area contributed by atoms with E-state index in [9.17, 15) is 4.79 Å². The third kappa shape index (κ3) is 0.721. The van der Waals surface area contributed by atoms with Gasteiger partial charge in [0.25, 0.3) is 11.3 Å². The maximum Gasteiger partial charge on any atom is 0.273 e. The first-order valence-electron chi connectivity index (χ1n) is 3.01. The van der Waals surface area contributed by atoms with Crippen LogP contribution in [-0.4, -0.2) is 24.4 Å². The number of fused-ring (bicyclic) bond motifs is 1. The quantitative estimate of drug-likeness (QED) is 0.475. The largest absolute Gasteiger partial charge is 0.277 e. The lowest BCUT2D eigenvalue weighted by Crippen LogP contribution is -2.19. The first-order valence-corrected chi connectivity index (χ1v) is 3.01. The zero-order valence-corrected chi connectivity index (χ0v) is 5.80. The van der Waals surface area contributed by atoms with E-state index in [1.165, 1.54) is 21.6 Å². The fourth-order valence-electron chi connectivity index (χ4n) is 0.823. The number of nitrogens with zero attached hydrogens (tertiary/aromatic N) is 5. The molecule has 0 bridgehead atoms. The van der Waals surface area contributed by atoms with Crippen LogP contribution in [0.5, 0.6) is 0 Å². The molecule has 0 fully saturated rings. The molecule has 56 valence electrons. The maximum atomic E-state index is 11.0. The van der Waals surface area contributed by atoms with E-state index < -0.39 is 0 Å². The van der Waals surface area contributed by atoms with Crippen LogP contribution in [0.1, 0.15) is 0 Å². The zero-order chi connectivity index (χ0) is 7.84. The van der Waals surface area contributed by atoms with Crippen molar-refractivity contribution in [1.82, 2.24) is 24.4 Å². The summed E-state index contributed by atoms with van der Waals surface area (Å²) in [6.45, 7) is 0. The van der Waals surface area contributed by atoms with E-state index in [4.69, 9.17) is 0 Å². The zero-order valence-electron chi connectivity index (χ0n) is 5.80. The van der Waals surface area contributed by atoms with Gasteiger partial charge in [-0.15, -0.1) is 10.2 Å². The first kappa shape index (κ1) is 6.02. The van der Waals surface area contributed by atoms with Crippen LogP contribution in [0, 0.1) is 0 Å². The standard InChI is InChI=1S/C5H5N5O/c1-9-4(11)2-7-10-3-6-8-5(9)10/h2-3H,1H3. The fourth-order valence-corrected chi connectivity index (χ4v) is 0.823. The summed E-state index contributed by atoms with van der Waals surface area (Å²) in [7, 11) is 1.62. The minimum Gasteiger partial charge on any atom is -0.277 e. The van der Waals surface area contributed by atoms with Gasteiger partial charge in [0.05, 0.1) is 0 Å². The average molecular weight is 151 g/mol. The fraction of sp³-hybridized carbons (Fsp3) is 0.200. The van der Waals surface area contributed by atoms with Crippen LogP contribution < -0.4 is 5.56 Å². The molecular weight excluding hydrogens is 146 g/mol. The SMILES string of the molecule is Cn1c(=O)cnn2cnnc12. The molecule has 0 atom stereocenters. The smallest absolute Gasteiger partial charge is 0.273 e. The molecule has 2 rings (SSSR count). The Kier molecular flexibility index (Phi) is 1.03. The number of rotatable bonds is 0. The molecule has 0 aliphatic rings. The molecule has 0 saturated heterocycles. The Morgan fingerprint density at radius 3 is 3.18 bits per heavy atom. The Hall–Kier alpha value is -1.72. The normalized spacial score (nSPS) is 10.6. The predicted molar refractivity (Wildman–Crippen MR) is 36.0 cm³/mol. The molecule has 0 amide bonds. The molecule has 0 aliphatic heterocycles. The maximum absolute atomic E-state index is 11.0. The van der Waals surface area contributed by atoms with Crippen LogP contribution in [-0.2, 0) is 7.05 Å². The minimum absolute atomic E-state index is 0.189. The Morgan fingerprint density at radius 2 is 2.36 bits per heavy atom. The van der Waals surface area contributed by atoms with Gasteiger partial charge in [0.15, 0.2) is 0 Å². The summed E-state index contributed by atoms with van der Waals surface area (Å²) in [5.41, 5.74) is -0.189. The van der Waals surface area contributed by atoms with E-state index in [2.05, 4.69) is 15.3 Å². The third-order valence-corrected chi connectivity index (χ3v) is 1.44. The Labute approximate surface area is 61.1 Å². The van der Waals surface area contributed by atoms with Crippen LogP contribution in [0.15, 0.2) is 17.3 Å². The Bertz CT molecular complexity index is 441. The lowest BCUT2D eigenvalue weighted by atomic mass is 10.8. The molecule has 2 aromatic heterocycles. The van der Waals surface area contributed by atoms with Gasteiger partial charge in [-0.05, 0) is 0 Å². The molecular formula is C5H5N5O. The van der Waals surface area contributed by atoms with Gasteiger partial charge in [-0.1, -0.05) is 0 Å². The van der Waals surface area contributed by atoms with Gasteiger partial charge < -0.3 is 0 Å². The molecule has 0 N–H and O–H groups in total. The van der Waals surface area contributed by atoms with Crippen molar-refractivity contribution in [2.24, 2.45) is 7.05 Å². The van der Waals surface area contributed by atoms with E-state index >= 15 is 0 Å². The Morgan fingerprint density at radius 1 is 1.55 bits per heavy atom. The monoisotopic (exact) mass is 151 g/mol. The lowest BCUT2D eigenvalue weighted by molar-refractivity contribution is 0.775. The molecule has 2 aromatic rings. The molecule has 6 nitrogen and oxygen atoms in total. The van der Waals surface area contributed by atoms with Crippen molar-refractivity contribution in [3.05, 3.63) is 22.9 Å². The number of aromatic nitrogens is 5. The molecule has 6 heteroatoms. The van der Waals surface area contributed by atoms with Gasteiger partial charge in [0.1, 0.15) is 12.5 Å². The second-order valence-electron chi connectivity index (χ2n) is 2.12. The van der Waals surface area contributed by atoms with Crippen molar-refractivity contribution in [2.75, 3.05) is 0 Å². The van der Waals surface area contributed by atoms with E-state index in [1.807, 2.05) is 0 Å². The number of hydrogen-bond donors (Lipinski definition) is 0. The molecule has 2 heterocycles. The van der Waals surface area contributed by atoms with Crippen molar-refractivity contribution in [2.45, 2.75) is 0 Å². The van der Waals surface area contributed by atoms with E-state index in [0.29, 0.717) is 5.78 Å². The highest BCUT2D eigenvalue weighted by atomic mass is 16.1. The van der Waals surface area contributed by atoms with Crippen molar-refractivity contribution in [1.29, 1.82) is 0 Å². The second-order valence-corrected chi connectivity index (χ2v) is 2.12. The van der Waals surface area contributed by atoms with Crippen molar-refractivity contribution in [3.63, 3.8) is 0 Å². The Balaban J connectivity index is 3.04. The summed E-state index contributed by atoms with van der Waals surface area (Å²) in [5, 5.41) is 11.0. The van der Waals surface area contributed by atoms with Gasteiger partial charge in [-0.3, -0.25) is 9.36 Å². The molecule has 0 aromatic carbocycles. The molecule has 0 unspecified atom stereocenters. The van der Waals surface area contributed by atoms with Gasteiger partial charge in [0, 0.05) is 7.05 Å². The van der Waals surface area contributed by atoms with Gasteiger partial charge >= 0.3 is 0 Å². The summed E-state index contributed by atoms with van der Waals surface area (Å²) in [4.78, 5) is 11.0. The predicted octanol–water partition coefficient (Wildman–Crippen LogP) is -1.18. The van der Waals surface area contributed by atoms with Crippen molar-refractivity contribution >= 4 is 5.78 Å². The summed E-state index contributed by atoms with van der Waals surface area (Å²) in [6.07, 6.45) is 2.66. The van der Waals surface area contributed by atoms with E-state index in [0.717, 1.165) is 0 Å². The highest BCUT2D eigenvalue weighted by Crippen LogP contribution is 1.86. The molecule has 0 radical (unpaired) electrons. The van der Waals surface area contributed by atoms with Gasteiger partial charge in [-0.25, -0.2) is 0 Å². The van der Waals surface area contributed by atoms with Crippen molar-refractivity contribution in [3.8, 4) is 0 Å². The van der Waals surface area contributed by atoms with Crippen LogP contribution in [0.2, 0.25) is 0 Å². The first-order chi connectivity index (χ1) is 5.29. The van der Waals surface area contributed by atoms with E-state index in [-0.39, 0.29) is 5.56 Å². The topological polar surface area (TPSA) is 65.1 Å². The van der Waals surface area contributed by atoms with Crippen LogP contribution >= 0.6 is 0 Å². The minimum atomic E-state index is -0.189. The van der Waals surface area contributed by atoms with E-state index in [1.54, 1.807) is 7.05 Å². The van der Waals surface area contributed by atoms with Crippen LogP contribution in [0.4, 0.5) is 0 Å². The lowest BCUT2D eigenvalue weighted by Gasteiger charge is -1.94. The molecule has 11 heavy (non-hydrogen) atoms. The van der Waals surface area contributed by atoms with Crippen molar-refractivity contribution < 1.29 is 0 Å². The van der Waals surface area contributed by atoms with Crippen LogP contribution in [0.25, 0.3) is 5.78 Å². The summed E-state index contributed by atoms with van der Waals surface area (Å²) < 4.78 is 2.81. The van der Waals surface area contributed by atoms with Gasteiger partial charge in [-0.2, -0.15) is 9.61 Å². The second kappa shape index (κ2) is 1.88. The van der Waals surface area contributed by atoms with Gasteiger partial charge in [0.2, 0.25) is 0 Å². The summed E-state index contributed by atoms with van der Waals surface area (Å²) in [5.74, 6) is 0.442. The summed E-state index contributed by atoms with van der Waals surface area (Å²) in [6, 6.07) is 0. The third-order valence-electron chi connectivity index (χ3n) is 1.44. The number of hydrogen-bond acceptors (Lipinski definition) is 4. The average Bonchev–Trinajstić information content (AvgIpc) is 2.45. The molecule has 0 saturated carbocycles. The molecule has 0 aliphatic carbocycles. The highest BCUT2D eigenvalue weighted by molar-refractivity contribution is 5.22.